The van der Waals surface area contributed by atoms with E-state index in [4.69, 9.17) is 0 Å². The largest absolute Gasteiger partial charge is 0.380 e. The van der Waals surface area contributed by atoms with Gasteiger partial charge >= 0.3 is 0 Å². The molecule has 0 aromatic carbocycles. The van der Waals surface area contributed by atoms with Gasteiger partial charge in [-0.3, -0.25) is 9.88 Å². The number of nitrogens with zero attached hydrogens (tertiary/aromatic N) is 6. The molecule has 142 valence electrons. The van der Waals surface area contributed by atoms with E-state index in [2.05, 4.69) is 48.7 Å². The zero-order chi connectivity index (χ0) is 18.8. The van der Waals surface area contributed by atoms with Crippen molar-refractivity contribution in [3.8, 4) is 0 Å². The number of thiazole rings is 1. The van der Waals surface area contributed by atoms with Crippen LogP contribution in [0.25, 0.3) is 5.52 Å². The summed E-state index contributed by atoms with van der Waals surface area (Å²) in [5, 5.41) is 15.5. The quantitative estimate of drug-likeness (QED) is 0.542. The molecular weight excluding hydrogens is 370 g/mol. The summed E-state index contributed by atoms with van der Waals surface area (Å²) in [4.78, 5) is 11.1. The van der Waals surface area contributed by atoms with E-state index in [1.165, 1.54) is 6.42 Å². The minimum Gasteiger partial charge on any atom is -0.380 e. The molecule has 0 spiro atoms. The fourth-order valence-corrected chi connectivity index (χ4v) is 4.43. The third-order valence-electron chi connectivity index (χ3n) is 5.16. The summed E-state index contributed by atoms with van der Waals surface area (Å²) < 4.78 is 1.88. The molecule has 1 aliphatic heterocycles. The Morgan fingerprint density at radius 3 is 3.07 bits per heavy atom. The summed E-state index contributed by atoms with van der Waals surface area (Å²) in [6, 6.07) is 8.52. The molecule has 0 amide bonds. The van der Waals surface area contributed by atoms with Crippen LogP contribution in [0.15, 0.2) is 54.4 Å². The van der Waals surface area contributed by atoms with Crippen molar-refractivity contribution in [2.24, 2.45) is 0 Å². The van der Waals surface area contributed by atoms with E-state index in [9.17, 15) is 0 Å². The van der Waals surface area contributed by atoms with Crippen molar-refractivity contribution in [2.45, 2.75) is 32.0 Å². The van der Waals surface area contributed by atoms with Gasteiger partial charge in [0.15, 0.2) is 0 Å². The number of likely N-dealkylation sites (tertiary alicyclic amines) is 1. The van der Waals surface area contributed by atoms with Gasteiger partial charge in [0.1, 0.15) is 10.7 Å². The van der Waals surface area contributed by atoms with E-state index >= 15 is 0 Å². The van der Waals surface area contributed by atoms with Crippen LogP contribution in [0.3, 0.4) is 0 Å². The Morgan fingerprint density at radius 2 is 2.21 bits per heavy atom. The predicted molar refractivity (Wildman–Crippen MR) is 109 cm³/mol. The molecule has 7 nitrogen and oxygen atoms in total. The molecule has 0 radical (unpaired) electrons. The number of fused-ring (bicyclic) bond motifs is 1. The highest BCUT2D eigenvalue weighted by atomic mass is 32.1. The highest BCUT2D eigenvalue weighted by molar-refractivity contribution is 7.09. The lowest BCUT2D eigenvalue weighted by Crippen LogP contribution is -2.23. The van der Waals surface area contributed by atoms with Gasteiger partial charge in [-0.25, -0.2) is 9.50 Å². The highest BCUT2D eigenvalue weighted by Gasteiger charge is 2.30. The number of nitrogens with one attached hydrogen (secondary N) is 1. The standard InChI is InChI=1S/C20H21N7S/c1-3-15(11-21-7-1)12-23-16-5-6-18-20(24-25-27(18)13-16)17-4-2-9-26(17)14-19-22-8-10-28-19/h1,3,5-8,10-11,13,17,23H,2,4,9,12,14H2/t17-/m0/s1. The second-order valence-corrected chi connectivity index (χ2v) is 7.97. The lowest BCUT2D eigenvalue weighted by atomic mass is 10.1. The molecule has 1 atom stereocenters. The van der Waals surface area contributed by atoms with Gasteiger partial charge in [-0.15, -0.1) is 16.4 Å². The van der Waals surface area contributed by atoms with E-state index in [0.717, 1.165) is 53.5 Å². The molecule has 8 heteroatoms. The maximum absolute atomic E-state index is 4.53. The highest BCUT2D eigenvalue weighted by Crippen LogP contribution is 2.34. The molecule has 0 saturated carbocycles. The van der Waals surface area contributed by atoms with Crippen LogP contribution in [0.1, 0.15) is 35.1 Å². The van der Waals surface area contributed by atoms with Crippen molar-refractivity contribution >= 4 is 22.5 Å². The molecule has 28 heavy (non-hydrogen) atoms. The molecule has 0 unspecified atom stereocenters. The van der Waals surface area contributed by atoms with Gasteiger partial charge in [-0.2, -0.15) is 0 Å². The first-order valence-corrected chi connectivity index (χ1v) is 10.3. The molecule has 5 heterocycles. The molecule has 1 N–H and O–H groups in total. The van der Waals surface area contributed by atoms with Gasteiger partial charge in [0.05, 0.1) is 30.0 Å². The molecule has 4 aromatic rings. The summed E-state index contributed by atoms with van der Waals surface area (Å²) in [6.45, 7) is 2.69. The van der Waals surface area contributed by atoms with Crippen molar-refractivity contribution in [1.29, 1.82) is 0 Å². The average molecular weight is 392 g/mol. The lowest BCUT2D eigenvalue weighted by Gasteiger charge is -2.21. The number of aromatic nitrogens is 5. The Balaban J connectivity index is 1.34. The normalized spacial score (nSPS) is 17.4. The molecular formula is C20H21N7S. The van der Waals surface area contributed by atoms with Crippen LogP contribution in [-0.4, -0.2) is 36.2 Å². The predicted octanol–water partition coefficient (Wildman–Crippen LogP) is 3.53. The Bertz CT molecular complexity index is 1050. The maximum atomic E-state index is 4.53. The summed E-state index contributed by atoms with van der Waals surface area (Å²) >= 11 is 1.71. The summed E-state index contributed by atoms with van der Waals surface area (Å²) in [5.74, 6) is 0. The van der Waals surface area contributed by atoms with E-state index < -0.39 is 0 Å². The number of pyridine rings is 2. The zero-order valence-electron chi connectivity index (χ0n) is 15.4. The summed E-state index contributed by atoms with van der Waals surface area (Å²) in [6.07, 6.45) is 9.82. The number of hydrogen-bond acceptors (Lipinski definition) is 7. The first-order valence-electron chi connectivity index (χ1n) is 9.47. The first-order chi connectivity index (χ1) is 13.9. The number of anilines is 1. The van der Waals surface area contributed by atoms with E-state index in [-0.39, 0.29) is 0 Å². The van der Waals surface area contributed by atoms with Crippen molar-refractivity contribution in [3.05, 3.63) is 70.7 Å². The minimum atomic E-state index is 0.301. The Morgan fingerprint density at radius 1 is 1.21 bits per heavy atom. The van der Waals surface area contributed by atoms with Crippen LogP contribution in [0.4, 0.5) is 5.69 Å². The smallest absolute Gasteiger partial charge is 0.108 e. The van der Waals surface area contributed by atoms with Crippen molar-refractivity contribution in [2.75, 3.05) is 11.9 Å². The maximum Gasteiger partial charge on any atom is 0.108 e. The SMILES string of the molecule is c1cncc(CNc2ccc3c([C@@H]4CCCN4Cc4nccs4)nnn3c2)c1. The molecule has 1 aliphatic rings. The Kier molecular flexibility index (Phi) is 4.72. The van der Waals surface area contributed by atoms with Gasteiger partial charge in [-0.05, 0) is 43.1 Å². The lowest BCUT2D eigenvalue weighted by molar-refractivity contribution is 0.245. The van der Waals surface area contributed by atoms with Crippen molar-refractivity contribution in [3.63, 3.8) is 0 Å². The van der Waals surface area contributed by atoms with Gasteiger partial charge in [-0.1, -0.05) is 11.3 Å². The molecule has 1 fully saturated rings. The van der Waals surface area contributed by atoms with Gasteiger partial charge in [0.2, 0.25) is 0 Å². The van der Waals surface area contributed by atoms with Crippen LogP contribution < -0.4 is 5.32 Å². The van der Waals surface area contributed by atoms with E-state index in [1.807, 2.05) is 34.6 Å². The van der Waals surface area contributed by atoms with Gasteiger partial charge in [0.25, 0.3) is 0 Å². The van der Waals surface area contributed by atoms with Crippen LogP contribution in [-0.2, 0) is 13.1 Å². The van der Waals surface area contributed by atoms with Gasteiger partial charge < -0.3 is 5.32 Å². The molecule has 0 bridgehead atoms. The summed E-state index contributed by atoms with van der Waals surface area (Å²) in [7, 11) is 0. The molecule has 1 saturated heterocycles. The molecule has 0 aliphatic carbocycles. The first kappa shape index (κ1) is 17.3. The number of rotatable bonds is 6. The topological polar surface area (TPSA) is 71.2 Å². The minimum absolute atomic E-state index is 0.301. The van der Waals surface area contributed by atoms with Crippen LogP contribution in [0, 0.1) is 0 Å². The average Bonchev–Trinajstić information content (AvgIpc) is 3.48. The third kappa shape index (κ3) is 3.48. The number of hydrogen-bond donors (Lipinski definition) is 1. The van der Waals surface area contributed by atoms with E-state index in [1.54, 1.807) is 17.5 Å². The fraction of sp³-hybridized carbons (Fsp3) is 0.300. The van der Waals surface area contributed by atoms with Crippen molar-refractivity contribution < 1.29 is 0 Å². The van der Waals surface area contributed by atoms with Crippen LogP contribution in [0.5, 0.6) is 0 Å². The van der Waals surface area contributed by atoms with Crippen LogP contribution >= 0.6 is 11.3 Å². The Labute approximate surface area is 167 Å². The third-order valence-corrected chi connectivity index (χ3v) is 5.93. The van der Waals surface area contributed by atoms with Crippen molar-refractivity contribution in [1.82, 2.24) is 29.7 Å². The van der Waals surface area contributed by atoms with E-state index in [0.29, 0.717) is 6.04 Å². The zero-order valence-corrected chi connectivity index (χ0v) is 16.2. The summed E-state index contributed by atoms with van der Waals surface area (Å²) in [5.41, 5.74) is 4.29. The fourth-order valence-electron chi connectivity index (χ4n) is 3.79. The Hall–Kier alpha value is -2.84. The van der Waals surface area contributed by atoms with Crippen LogP contribution in [0.2, 0.25) is 0 Å². The second kappa shape index (κ2) is 7.65. The van der Waals surface area contributed by atoms with Gasteiger partial charge in [0, 0.05) is 30.5 Å². The second-order valence-electron chi connectivity index (χ2n) is 6.99. The molecule has 4 aromatic heterocycles. The molecule has 5 rings (SSSR count). The monoisotopic (exact) mass is 391 g/mol.